The van der Waals surface area contributed by atoms with Gasteiger partial charge in [0.2, 0.25) is 0 Å². The molecule has 10 heteroatoms. The zero-order chi connectivity index (χ0) is 29.0. The molecule has 5 nitrogen and oxygen atoms in total. The summed E-state index contributed by atoms with van der Waals surface area (Å²) in [5, 5.41) is 0. The fourth-order valence-corrected chi connectivity index (χ4v) is 11.8. The molecule has 4 aromatic rings. The number of carbonyl (C=O) groups excluding carboxylic acids is 2. The van der Waals surface area contributed by atoms with Crippen molar-refractivity contribution in [1.29, 1.82) is 0 Å². The number of imide groups is 1. The molecule has 0 saturated heterocycles. The molecule has 4 heterocycles. The lowest BCUT2D eigenvalue weighted by atomic mass is 9.93. The zero-order valence-corrected chi connectivity index (χ0v) is 29.3. The third kappa shape index (κ3) is 5.21. The third-order valence-electron chi connectivity index (χ3n) is 7.80. The molecule has 1 unspecified atom stereocenters. The SMILES string of the molecule is CCCCC(CC)CN1C(=O)c2c(c(-c3ccc([Si](C)(C)C)s3)c3nsnc3c2-c2ccc([Si](C)(C)C)s2)C1=O. The number of thiophene rings is 2. The second-order valence-electron chi connectivity index (χ2n) is 12.9. The smallest absolute Gasteiger partial charge is 0.262 e. The summed E-state index contributed by atoms with van der Waals surface area (Å²) in [4.78, 5) is 32.2. The number of nitrogens with zero attached hydrogens (tertiary/aromatic N) is 3. The number of rotatable bonds is 10. The van der Waals surface area contributed by atoms with E-state index in [1.165, 1.54) is 13.9 Å². The Kier molecular flexibility index (Phi) is 8.13. The summed E-state index contributed by atoms with van der Waals surface area (Å²) in [7, 11) is -3.11. The predicted octanol–water partition coefficient (Wildman–Crippen LogP) is 8.05. The first kappa shape index (κ1) is 29.5. The van der Waals surface area contributed by atoms with Gasteiger partial charge in [0.1, 0.15) is 11.0 Å². The van der Waals surface area contributed by atoms with Gasteiger partial charge in [-0.15, -0.1) is 22.7 Å². The molecule has 0 bridgehead atoms. The van der Waals surface area contributed by atoms with Gasteiger partial charge in [0.25, 0.3) is 11.8 Å². The minimum absolute atomic E-state index is 0.175. The van der Waals surface area contributed by atoms with Crippen molar-refractivity contribution in [3.63, 3.8) is 0 Å². The molecule has 0 fully saturated rings. The van der Waals surface area contributed by atoms with Crippen molar-refractivity contribution in [1.82, 2.24) is 13.6 Å². The number of carbonyl (C=O) groups is 2. The van der Waals surface area contributed by atoms with Crippen LogP contribution in [-0.2, 0) is 0 Å². The van der Waals surface area contributed by atoms with Crippen LogP contribution in [0.4, 0.5) is 0 Å². The number of amides is 2. The number of hydrogen-bond donors (Lipinski definition) is 0. The minimum atomic E-state index is -1.56. The highest BCUT2D eigenvalue weighted by atomic mass is 32.1. The highest BCUT2D eigenvalue weighted by molar-refractivity contribution is 7.29. The second-order valence-corrected chi connectivity index (χ2v) is 26.4. The molecule has 0 N–H and O–H groups in total. The Morgan fingerprint density at radius 1 is 0.750 bits per heavy atom. The highest BCUT2D eigenvalue weighted by Crippen LogP contribution is 2.47. The van der Waals surface area contributed by atoms with Gasteiger partial charge in [-0.2, -0.15) is 8.75 Å². The van der Waals surface area contributed by atoms with Gasteiger partial charge < -0.3 is 0 Å². The van der Waals surface area contributed by atoms with E-state index >= 15 is 0 Å². The number of aromatic nitrogens is 2. The first-order chi connectivity index (χ1) is 18.9. The Labute approximate surface area is 252 Å². The number of fused-ring (bicyclic) bond motifs is 2. The number of hydrogen-bond acceptors (Lipinski definition) is 7. The monoisotopic (exact) mass is 625 g/mol. The van der Waals surface area contributed by atoms with Crippen LogP contribution in [0.15, 0.2) is 24.3 Å². The van der Waals surface area contributed by atoms with Crippen molar-refractivity contribution in [2.24, 2.45) is 5.92 Å². The fourth-order valence-electron chi connectivity index (χ4n) is 5.37. The summed E-state index contributed by atoms with van der Waals surface area (Å²) in [6.45, 7) is 18.8. The molecule has 2 amide bonds. The molecule has 0 aliphatic carbocycles. The van der Waals surface area contributed by atoms with E-state index in [2.05, 4.69) is 77.4 Å². The van der Waals surface area contributed by atoms with E-state index in [0.29, 0.717) is 23.6 Å². The molecular formula is C30H39N3O2S3Si2. The molecule has 1 aliphatic heterocycles. The maximum Gasteiger partial charge on any atom is 0.262 e. The maximum atomic E-state index is 14.3. The number of unbranched alkanes of at least 4 members (excludes halogenated alkanes) is 1. The lowest BCUT2D eigenvalue weighted by Crippen LogP contribution is -2.34. The van der Waals surface area contributed by atoms with Crippen LogP contribution in [0, 0.1) is 5.92 Å². The molecule has 1 aromatic carbocycles. The van der Waals surface area contributed by atoms with E-state index in [0.717, 1.165) is 69.3 Å². The summed E-state index contributed by atoms with van der Waals surface area (Å²) in [5.41, 5.74) is 4.12. The summed E-state index contributed by atoms with van der Waals surface area (Å²) in [6.07, 6.45) is 4.17. The summed E-state index contributed by atoms with van der Waals surface area (Å²) >= 11 is 4.65. The van der Waals surface area contributed by atoms with Gasteiger partial charge in [0.05, 0.1) is 39.0 Å². The Morgan fingerprint density at radius 3 is 1.60 bits per heavy atom. The fraction of sp³-hybridized carbons (Fsp3) is 0.467. The van der Waals surface area contributed by atoms with Gasteiger partial charge in [-0.25, -0.2) is 0 Å². The lowest BCUT2D eigenvalue weighted by molar-refractivity contribution is 0.0625. The van der Waals surface area contributed by atoms with Gasteiger partial charge in [-0.3, -0.25) is 14.5 Å². The molecule has 1 aliphatic rings. The maximum absolute atomic E-state index is 14.3. The predicted molar refractivity (Wildman–Crippen MR) is 179 cm³/mol. The van der Waals surface area contributed by atoms with E-state index in [4.69, 9.17) is 8.75 Å². The Balaban J connectivity index is 1.76. The average Bonchev–Trinajstić information content (AvgIpc) is 3.68. The first-order valence-electron chi connectivity index (χ1n) is 14.3. The van der Waals surface area contributed by atoms with E-state index in [-0.39, 0.29) is 11.8 Å². The molecule has 40 heavy (non-hydrogen) atoms. The minimum Gasteiger partial charge on any atom is -0.274 e. The molecule has 0 radical (unpaired) electrons. The lowest BCUT2D eigenvalue weighted by Gasteiger charge is -2.21. The topological polar surface area (TPSA) is 63.2 Å². The Morgan fingerprint density at radius 2 is 1.23 bits per heavy atom. The van der Waals surface area contributed by atoms with Crippen molar-refractivity contribution >= 4 is 82.4 Å². The van der Waals surface area contributed by atoms with Crippen LogP contribution in [-0.4, -0.2) is 48.2 Å². The van der Waals surface area contributed by atoms with Crippen LogP contribution in [0.5, 0.6) is 0 Å². The van der Waals surface area contributed by atoms with Crippen LogP contribution < -0.4 is 9.00 Å². The van der Waals surface area contributed by atoms with Crippen LogP contribution in [0.2, 0.25) is 39.3 Å². The molecular weight excluding hydrogens is 587 g/mol. The second kappa shape index (κ2) is 11.0. The molecule has 212 valence electrons. The number of benzene rings is 1. The van der Waals surface area contributed by atoms with Crippen LogP contribution in [0.25, 0.3) is 31.9 Å². The molecule has 0 spiro atoms. The third-order valence-corrected chi connectivity index (χ3v) is 17.7. The Bertz CT molecular complexity index is 1480. The van der Waals surface area contributed by atoms with Gasteiger partial charge >= 0.3 is 0 Å². The molecule has 3 aromatic heterocycles. The van der Waals surface area contributed by atoms with E-state index < -0.39 is 16.1 Å². The molecule has 5 rings (SSSR count). The van der Waals surface area contributed by atoms with Crippen molar-refractivity contribution in [3.05, 3.63) is 35.4 Å². The molecule has 0 saturated carbocycles. The van der Waals surface area contributed by atoms with E-state index in [1.54, 1.807) is 22.7 Å². The summed E-state index contributed by atoms with van der Waals surface area (Å²) in [5.74, 6) is -0.0524. The Hall–Kier alpha value is -1.99. The van der Waals surface area contributed by atoms with Gasteiger partial charge in [0.15, 0.2) is 0 Å². The quantitative estimate of drug-likeness (QED) is 0.132. The van der Waals surface area contributed by atoms with Crippen molar-refractivity contribution < 1.29 is 9.59 Å². The van der Waals surface area contributed by atoms with Crippen molar-refractivity contribution in [2.75, 3.05) is 6.54 Å². The normalized spacial score (nSPS) is 14.9. The van der Waals surface area contributed by atoms with E-state index in [1.807, 2.05) is 0 Å². The van der Waals surface area contributed by atoms with Gasteiger partial charge in [-0.05, 0) is 33.5 Å². The first-order valence-corrected chi connectivity index (χ1v) is 23.6. The van der Waals surface area contributed by atoms with Crippen molar-refractivity contribution in [3.8, 4) is 20.9 Å². The van der Waals surface area contributed by atoms with Crippen LogP contribution in [0.3, 0.4) is 0 Å². The van der Waals surface area contributed by atoms with E-state index in [9.17, 15) is 9.59 Å². The van der Waals surface area contributed by atoms with Crippen LogP contribution in [0.1, 0.15) is 60.2 Å². The summed E-state index contributed by atoms with van der Waals surface area (Å²) < 4.78 is 12.3. The van der Waals surface area contributed by atoms with Gasteiger partial charge in [0, 0.05) is 27.4 Å². The summed E-state index contributed by atoms with van der Waals surface area (Å²) in [6, 6.07) is 8.65. The zero-order valence-electron chi connectivity index (χ0n) is 24.8. The standard InChI is InChI=1S/C30H39N3O2S3Si2/c1-9-11-12-18(10-2)17-33-29(34)25-23(19-13-15-21(36-19)39(3,4)5)27-28(32-38-31-27)24(26(25)30(33)35)20-14-16-22(37-20)40(6,7)8/h13-16,18H,9-12,17H2,1-8H3. The van der Waals surface area contributed by atoms with Crippen molar-refractivity contribution in [2.45, 2.75) is 78.8 Å². The average molecular weight is 626 g/mol. The largest absolute Gasteiger partial charge is 0.274 e. The molecule has 1 atom stereocenters. The van der Waals surface area contributed by atoms with Crippen LogP contribution >= 0.6 is 34.4 Å². The van der Waals surface area contributed by atoms with Gasteiger partial charge in [-0.1, -0.05) is 84.5 Å². The highest BCUT2D eigenvalue weighted by Gasteiger charge is 2.43.